The molecule has 0 saturated carbocycles. The van der Waals surface area contributed by atoms with Gasteiger partial charge in [-0.2, -0.15) is 0 Å². The first-order chi connectivity index (χ1) is 9.50. The Hall–Kier alpha value is -1.35. The molecule has 0 bridgehead atoms. The molecule has 3 heteroatoms. The van der Waals surface area contributed by atoms with Gasteiger partial charge in [-0.15, -0.1) is 0 Å². The SMILES string of the molecule is Cc1ccc(C(C)(C)C(=O)NCC2CCCNC2)cc1. The molecule has 1 heterocycles. The van der Waals surface area contributed by atoms with E-state index in [0.29, 0.717) is 5.92 Å². The fraction of sp³-hybridized carbons (Fsp3) is 0.588. The largest absolute Gasteiger partial charge is 0.355 e. The molecule has 1 fully saturated rings. The van der Waals surface area contributed by atoms with Gasteiger partial charge in [0.15, 0.2) is 0 Å². The smallest absolute Gasteiger partial charge is 0.230 e. The Morgan fingerprint density at radius 1 is 1.35 bits per heavy atom. The molecule has 3 nitrogen and oxygen atoms in total. The minimum atomic E-state index is -0.476. The van der Waals surface area contributed by atoms with Crippen LogP contribution in [0.15, 0.2) is 24.3 Å². The zero-order valence-corrected chi connectivity index (χ0v) is 12.8. The standard InChI is InChI=1S/C17H26N2O/c1-13-6-8-15(9-7-13)17(2,3)16(20)19-12-14-5-4-10-18-11-14/h6-9,14,18H,4-5,10-12H2,1-3H3,(H,19,20). The molecule has 1 unspecified atom stereocenters. The Labute approximate surface area is 122 Å². The molecular formula is C17H26N2O. The van der Waals surface area contributed by atoms with Gasteiger partial charge in [0, 0.05) is 6.54 Å². The Balaban J connectivity index is 1.94. The topological polar surface area (TPSA) is 41.1 Å². The average Bonchev–Trinajstić information content (AvgIpc) is 2.46. The highest BCUT2D eigenvalue weighted by Crippen LogP contribution is 2.24. The Morgan fingerprint density at radius 3 is 2.65 bits per heavy atom. The van der Waals surface area contributed by atoms with Crippen LogP contribution >= 0.6 is 0 Å². The number of carbonyl (C=O) groups excluding carboxylic acids is 1. The van der Waals surface area contributed by atoms with Crippen molar-refractivity contribution in [3.63, 3.8) is 0 Å². The first kappa shape index (κ1) is 15.0. The second-order valence-electron chi connectivity index (χ2n) is 6.41. The van der Waals surface area contributed by atoms with E-state index in [1.807, 2.05) is 13.8 Å². The van der Waals surface area contributed by atoms with Crippen molar-refractivity contribution < 1.29 is 4.79 Å². The number of hydrogen-bond acceptors (Lipinski definition) is 2. The van der Waals surface area contributed by atoms with Gasteiger partial charge in [-0.05, 0) is 58.2 Å². The lowest BCUT2D eigenvalue weighted by atomic mass is 9.83. The van der Waals surface area contributed by atoms with E-state index in [-0.39, 0.29) is 5.91 Å². The highest BCUT2D eigenvalue weighted by atomic mass is 16.2. The first-order valence-corrected chi connectivity index (χ1v) is 7.56. The zero-order valence-electron chi connectivity index (χ0n) is 12.8. The van der Waals surface area contributed by atoms with Crippen molar-refractivity contribution in [2.45, 2.75) is 39.0 Å². The van der Waals surface area contributed by atoms with Gasteiger partial charge in [-0.1, -0.05) is 29.8 Å². The molecule has 1 aliphatic heterocycles. The third-order valence-corrected chi connectivity index (χ3v) is 4.29. The summed E-state index contributed by atoms with van der Waals surface area (Å²) in [5, 5.41) is 6.51. The lowest BCUT2D eigenvalue weighted by molar-refractivity contribution is -0.125. The molecule has 0 spiro atoms. The van der Waals surface area contributed by atoms with E-state index in [2.05, 4.69) is 41.8 Å². The third-order valence-electron chi connectivity index (χ3n) is 4.29. The van der Waals surface area contributed by atoms with Crippen molar-refractivity contribution in [2.24, 2.45) is 5.92 Å². The van der Waals surface area contributed by atoms with Crippen molar-refractivity contribution in [2.75, 3.05) is 19.6 Å². The van der Waals surface area contributed by atoms with Gasteiger partial charge in [0.2, 0.25) is 5.91 Å². The molecule has 1 atom stereocenters. The van der Waals surface area contributed by atoms with Crippen LogP contribution in [0.5, 0.6) is 0 Å². The van der Waals surface area contributed by atoms with Gasteiger partial charge in [0.25, 0.3) is 0 Å². The lowest BCUT2D eigenvalue weighted by Gasteiger charge is -2.27. The average molecular weight is 274 g/mol. The van der Waals surface area contributed by atoms with Gasteiger partial charge in [0.1, 0.15) is 0 Å². The maximum atomic E-state index is 12.5. The number of nitrogens with one attached hydrogen (secondary N) is 2. The van der Waals surface area contributed by atoms with Gasteiger partial charge in [-0.3, -0.25) is 4.79 Å². The van der Waals surface area contributed by atoms with E-state index in [1.165, 1.54) is 18.4 Å². The summed E-state index contributed by atoms with van der Waals surface area (Å²) in [6, 6.07) is 8.24. The molecule has 2 N–H and O–H groups in total. The van der Waals surface area contributed by atoms with Crippen LogP contribution in [0.3, 0.4) is 0 Å². The summed E-state index contributed by atoms with van der Waals surface area (Å²) in [7, 11) is 0. The van der Waals surface area contributed by atoms with Crippen LogP contribution in [-0.4, -0.2) is 25.5 Å². The summed E-state index contributed by atoms with van der Waals surface area (Å²) in [5.41, 5.74) is 1.82. The molecule has 0 radical (unpaired) electrons. The van der Waals surface area contributed by atoms with E-state index < -0.39 is 5.41 Å². The van der Waals surface area contributed by atoms with Crippen molar-refractivity contribution in [3.8, 4) is 0 Å². The number of benzene rings is 1. The van der Waals surface area contributed by atoms with E-state index >= 15 is 0 Å². The number of piperidine rings is 1. The summed E-state index contributed by atoms with van der Waals surface area (Å²) in [6.07, 6.45) is 2.42. The molecule has 2 rings (SSSR count). The second-order valence-corrected chi connectivity index (χ2v) is 6.41. The summed E-state index contributed by atoms with van der Waals surface area (Å²) < 4.78 is 0. The van der Waals surface area contributed by atoms with Crippen LogP contribution in [-0.2, 0) is 10.2 Å². The zero-order chi connectivity index (χ0) is 14.6. The van der Waals surface area contributed by atoms with E-state index in [4.69, 9.17) is 0 Å². The van der Waals surface area contributed by atoms with Gasteiger partial charge in [0.05, 0.1) is 5.41 Å². The molecule has 1 aromatic rings. The molecular weight excluding hydrogens is 248 g/mol. The number of aryl methyl sites for hydroxylation is 1. The number of hydrogen-bond donors (Lipinski definition) is 2. The van der Waals surface area contributed by atoms with Crippen LogP contribution in [0.4, 0.5) is 0 Å². The Bertz CT molecular complexity index is 445. The van der Waals surface area contributed by atoms with Gasteiger partial charge >= 0.3 is 0 Å². The molecule has 1 saturated heterocycles. The van der Waals surface area contributed by atoms with Gasteiger partial charge < -0.3 is 10.6 Å². The quantitative estimate of drug-likeness (QED) is 0.885. The van der Waals surface area contributed by atoms with Crippen LogP contribution in [0, 0.1) is 12.8 Å². The van der Waals surface area contributed by atoms with Crippen LogP contribution < -0.4 is 10.6 Å². The molecule has 0 aliphatic carbocycles. The molecule has 110 valence electrons. The van der Waals surface area contributed by atoms with Crippen molar-refractivity contribution >= 4 is 5.91 Å². The van der Waals surface area contributed by atoms with E-state index in [1.54, 1.807) is 0 Å². The highest BCUT2D eigenvalue weighted by Gasteiger charge is 2.30. The van der Waals surface area contributed by atoms with Crippen LogP contribution in [0.25, 0.3) is 0 Å². The second kappa shape index (κ2) is 6.40. The minimum absolute atomic E-state index is 0.118. The van der Waals surface area contributed by atoms with Crippen molar-refractivity contribution in [1.29, 1.82) is 0 Å². The number of amides is 1. The molecule has 1 aromatic carbocycles. The summed E-state index contributed by atoms with van der Waals surface area (Å²) in [4.78, 5) is 12.5. The minimum Gasteiger partial charge on any atom is -0.355 e. The first-order valence-electron chi connectivity index (χ1n) is 7.56. The molecule has 0 aromatic heterocycles. The lowest BCUT2D eigenvalue weighted by Crippen LogP contribution is -2.44. The monoisotopic (exact) mass is 274 g/mol. The summed E-state index contributed by atoms with van der Waals surface area (Å²) in [5.74, 6) is 0.688. The van der Waals surface area contributed by atoms with Crippen molar-refractivity contribution in [1.82, 2.24) is 10.6 Å². The summed E-state index contributed by atoms with van der Waals surface area (Å²) in [6.45, 7) is 8.96. The molecule has 20 heavy (non-hydrogen) atoms. The van der Waals surface area contributed by atoms with Crippen molar-refractivity contribution in [3.05, 3.63) is 35.4 Å². The maximum absolute atomic E-state index is 12.5. The highest BCUT2D eigenvalue weighted by molar-refractivity contribution is 5.87. The van der Waals surface area contributed by atoms with Crippen LogP contribution in [0.1, 0.15) is 37.8 Å². The van der Waals surface area contributed by atoms with E-state index in [0.717, 1.165) is 25.2 Å². The normalized spacial score (nSPS) is 19.6. The fourth-order valence-corrected chi connectivity index (χ4v) is 2.66. The third kappa shape index (κ3) is 3.60. The molecule has 1 aliphatic rings. The summed E-state index contributed by atoms with van der Waals surface area (Å²) >= 11 is 0. The number of rotatable bonds is 4. The van der Waals surface area contributed by atoms with Crippen LogP contribution in [0.2, 0.25) is 0 Å². The fourth-order valence-electron chi connectivity index (χ4n) is 2.66. The Morgan fingerprint density at radius 2 is 2.05 bits per heavy atom. The number of carbonyl (C=O) groups is 1. The Kier molecular flexibility index (Phi) is 4.81. The molecule has 1 amide bonds. The van der Waals surface area contributed by atoms with Gasteiger partial charge in [-0.25, -0.2) is 0 Å². The maximum Gasteiger partial charge on any atom is 0.230 e. The van der Waals surface area contributed by atoms with E-state index in [9.17, 15) is 4.79 Å². The predicted octanol–water partition coefficient (Wildman–Crippen LogP) is 2.39. The predicted molar refractivity (Wildman–Crippen MR) is 82.8 cm³/mol.